The number of hydrogen-bond acceptors (Lipinski definition) is 4. The van der Waals surface area contributed by atoms with E-state index in [-0.39, 0.29) is 0 Å². The SMILES string of the molecule is CCCCCCCCNc1ncccc1C(=N)c1cccc(OC)c1. The standard InChI is InChI=1S/C21H29N3O/c1-3-4-5-6-7-8-14-23-21-19(13-10-15-24-21)20(22)17-11-9-12-18(16-17)25-2/h9-13,15-16,22H,3-8,14H2,1-2H3,(H,23,24). The molecule has 0 saturated heterocycles. The minimum absolute atomic E-state index is 0.456. The van der Waals surface area contributed by atoms with E-state index in [0.29, 0.717) is 5.71 Å². The van der Waals surface area contributed by atoms with Crippen LogP contribution < -0.4 is 10.1 Å². The Hall–Kier alpha value is -2.36. The zero-order chi connectivity index (χ0) is 17.9. The average molecular weight is 339 g/mol. The summed E-state index contributed by atoms with van der Waals surface area (Å²) in [4.78, 5) is 4.43. The second kappa shape index (κ2) is 10.5. The summed E-state index contributed by atoms with van der Waals surface area (Å²) in [5, 5.41) is 11.9. The number of ether oxygens (including phenoxy) is 1. The van der Waals surface area contributed by atoms with E-state index < -0.39 is 0 Å². The minimum atomic E-state index is 0.456. The average Bonchev–Trinajstić information content (AvgIpc) is 2.67. The third-order valence-electron chi connectivity index (χ3n) is 4.26. The van der Waals surface area contributed by atoms with E-state index in [1.54, 1.807) is 13.3 Å². The number of aromatic nitrogens is 1. The quantitative estimate of drug-likeness (QED) is 0.432. The highest BCUT2D eigenvalue weighted by atomic mass is 16.5. The first-order chi connectivity index (χ1) is 12.3. The van der Waals surface area contributed by atoms with Crippen molar-refractivity contribution >= 4 is 11.5 Å². The molecule has 0 aliphatic rings. The van der Waals surface area contributed by atoms with Crippen LogP contribution in [-0.2, 0) is 0 Å². The van der Waals surface area contributed by atoms with Gasteiger partial charge in [0.2, 0.25) is 0 Å². The van der Waals surface area contributed by atoms with Crippen LogP contribution in [0.4, 0.5) is 5.82 Å². The molecule has 4 nitrogen and oxygen atoms in total. The van der Waals surface area contributed by atoms with Crippen molar-refractivity contribution in [1.29, 1.82) is 5.41 Å². The number of pyridine rings is 1. The van der Waals surface area contributed by atoms with Crippen LogP contribution in [0.1, 0.15) is 56.6 Å². The molecule has 25 heavy (non-hydrogen) atoms. The van der Waals surface area contributed by atoms with E-state index in [2.05, 4.69) is 17.2 Å². The molecule has 1 aromatic heterocycles. The van der Waals surface area contributed by atoms with Crippen LogP contribution in [-0.4, -0.2) is 24.4 Å². The van der Waals surface area contributed by atoms with E-state index in [1.807, 2.05) is 36.4 Å². The fraction of sp³-hybridized carbons (Fsp3) is 0.429. The second-order valence-corrected chi connectivity index (χ2v) is 6.20. The number of unbranched alkanes of at least 4 members (excludes halogenated alkanes) is 5. The second-order valence-electron chi connectivity index (χ2n) is 6.20. The summed E-state index contributed by atoms with van der Waals surface area (Å²) in [6.45, 7) is 3.13. The number of benzene rings is 1. The summed E-state index contributed by atoms with van der Waals surface area (Å²) in [7, 11) is 1.64. The molecule has 4 heteroatoms. The lowest BCUT2D eigenvalue weighted by Crippen LogP contribution is -2.10. The van der Waals surface area contributed by atoms with E-state index in [9.17, 15) is 0 Å². The molecule has 0 unspecified atom stereocenters. The Labute approximate surface area is 151 Å². The van der Waals surface area contributed by atoms with Gasteiger partial charge in [-0.05, 0) is 30.7 Å². The first-order valence-corrected chi connectivity index (χ1v) is 9.18. The lowest BCUT2D eigenvalue weighted by atomic mass is 10.0. The fourth-order valence-electron chi connectivity index (χ4n) is 2.79. The highest BCUT2D eigenvalue weighted by molar-refractivity contribution is 6.13. The Kier molecular flexibility index (Phi) is 7.96. The van der Waals surface area contributed by atoms with Gasteiger partial charge in [0.25, 0.3) is 0 Å². The molecule has 0 fully saturated rings. The van der Waals surface area contributed by atoms with Gasteiger partial charge in [-0.1, -0.05) is 51.2 Å². The molecular weight excluding hydrogens is 310 g/mol. The molecule has 0 bridgehead atoms. The molecule has 2 aromatic rings. The van der Waals surface area contributed by atoms with Crippen molar-refractivity contribution in [2.75, 3.05) is 19.0 Å². The van der Waals surface area contributed by atoms with Crippen LogP contribution in [0.15, 0.2) is 42.6 Å². The van der Waals surface area contributed by atoms with Gasteiger partial charge in [0.15, 0.2) is 0 Å². The predicted molar refractivity (Wildman–Crippen MR) is 105 cm³/mol. The van der Waals surface area contributed by atoms with Gasteiger partial charge >= 0.3 is 0 Å². The molecule has 0 radical (unpaired) electrons. The number of nitrogens with one attached hydrogen (secondary N) is 2. The number of methoxy groups -OCH3 is 1. The maximum absolute atomic E-state index is 8.54. The maximum Gasteiger partial charge on any atom is 0.135 e. The van der Waals surface area contributed by atoms with Crippen molar-refractivity contribution in [3.63, 3.8) is 0 Å². The zero-order valence-corrected chi connectivity index (χ0v) is 15.3. The molecule has 0 amide bonds. The van der Waals surface area contributed by atoms with Crippen LogP contribution in [0.25, 0.3) is 0 Å². The summed E-state index contributed by atoms with van der Waals surface area (Å²) >= 11 is 0. The highest BCUT2D eigenvalue weighted by Gasteiger charge is 2.11. The zero-order valence-electron chi connectivity index (χ0n) is 15.3. The van der Waals surface area contributed by atoms with Crippen molar-refractivity contribution in [3.8, 4) is 5.75 Å². The Morgan fingerprint density at radius 2 is 1.88 bits per heavy atom. The third-order valence-corrected chi connectivity index (χ3v) is 4.26. The summed E-state index contributed by atoms with van der Waals surface area (Å²) in [6, 6.07) is 11.4. The Morgan fingerprint density at radius 1 is 1.08 bits per heavy atom. The first kappa shape index (κ1) is 19.0. The van der Waals surface area contributed by atoms with Gasteiger partial charge in [0.05, 0.1) is 12.8 Å². The Morgan fingerprint density at radius 3 is 2.68 bits per heavy atom. The molecule has 2 rings (SSSR count). The van der Waals surface area contributed by atoms with Crippen LogP contribution in [0, 0.1) is 5.41 Å². The number of rotatable bonds is 11. The van der Waals surface area contributed by atoms with Gasteiger partial charge in [-0.15, -0.1) is 0 Å². The largest absolute Gasteiger partial charge is 0.497 e. The predicted octanol–water partition coefficient (Wildman–Crippen LogP) is 5.28. The smallest absolute Gasteiger partial charge is 0.135 e. The van der Waals surface area contributed by atoms with Gasteiger partial charge in [-0.25, -0.2) is 4.98 Å². The normalized spacial score (nSPS) is 10.5. The van der Waals surface area contributed by atoms with Gasteiger partial charge < -0.3 is 10.1 Å². The van der Waals surface area contributed by atoms with Crippen molar-refractivity contribution in [2.45, 2.75) is 45.4 Å². The molecule has 0 aliphatic heterocycles. The summed E-state index contributed by atoms with van der Waals surface area (Å²) in [6.07, 6.45) is 9.37. The lowest BCUT2D eigenvalue weighted by molar-refractivity contribution is 0.414. The summed E-state index contributed by atoms with van der Waals surface area (Å²) < 4.78 is 5.26. The molecule has 0 atom stereocenters. The van der Waals surface area contributed by atoms with Crippen molar-refractivity contribution in [1.82, 2.24) is 4.98 Å². The number of nitrogens with zero attached hydrogens (tertiary/aromatic N) is 1. The van der Waals surface area contributed by atoms with Crippen molar-refractivity contribution in [3.05, 3.63) is 53.7 Å². The van der Waals surface area contributed by atoms with Gasteiger partial charge in [0.1, 0.15) is 11.6 Å². The molecule has 1 aromatic carbocycles. The molecule has 1 heterocycles. The third kappa shape index (κ3) is 5.89. The molecule has 0 spiro atoms. The van der Waals surface area contributed by atoms with Crippen LogP contribution in [0.2, 0.25) is 0 Å². The van der Waals surface area contributed by atoms with Crippen LogP contribution in [0.5, 0.6) is 5.75 Å². The molecule has 134 valence electrons. The van der Waals surface area contributed by atoms with Gasteiger partial charge in [-0.3, -0.25) is 5.41 Å². The number of hydrogen-bond donors (Lipinski definition) is 2. The minimum Gasteiger partial charge on any atom is -0.497 e. The van der Waals surface area contributed by atoms with E-state index in [4.69, 9.17) is 10.1 Å². The Bertz CT molecular complexity index is 670. The molecule has 2 N–H and O–H groups in total. The molecule has 0 saturated carbocycles. The van der Waals surface area contributed by atoms with Crippen LogP contribution >= 0.6 is 0 Å². The Balaban J connectivity index is 1.96. The number of anilines is 1. The van der Waals surface area contributed by atoms with Crippen molar-refractivity contribution in [2.24, 2.45) is 0 Å². The summed E-state index contributed by atoms with van der Waals surface area (Å²) in [5.74, 6) is 1.54. The highest BCUT2D eigenvalue weighted by Crippen LogP contribution is 2.20. The first-order valence-electron chi connectivity index (χ1n) is 9.18. The van der Waals surface area contributed by atoms with Gasteiger partial charge in [-0.2, -0.15) is 0 Å². The molecular formula is C21H29N3O. The molecule has 0 aliphatic carbocycles. The summed E-state index contributed by atoms with van der Waals surface area (Å²) in [5.41, 5.74) is 2.11. The van der Waals surface area contributed by atoms with E-state index in [1.165, 1.54) is 32.1 Å². The van der Waals surface area contributed by atoms with Crippen molar-refractivity contribution < 1.29 is 4.74 Å². The van der Waals surface area contributed by atoms with Gasteiger partial charge in [0, 0.05) is 23.9 Å². The van der Waals surface area contributed by atoms with E-state index in [0.717, 1.165) is 35.7 Å². The topological polar surface area (TPSA) is 58.0 Å². The lowest BCUT2D eigenvalue weighted by Gasteiger charge is -2.12. The van der Waals surface area contributed by atoms with E-state index >= 15 is 0 Å². The fourth-order valence-corrected chi connectivity index (χ4v) is 2.79. The monoisotopic (exact) mass is 339 g/mol. The maximum atomic E-state index is 8.54. The van der Waals surface area contributed by atoms with Crippen LogP contribution in [0.3, 0.4) is 0 Å².